The zero-order chi connectivity index (χ0) is 19.2. The Hall–Kier alpha value is -2.70. The number of benzene rings is 2. The van der Waals surface area contributed by atoms with Crippen LogP contribution < -0.4 is 10.6 Å². The van der Waals surface area contributed by atoms with Crippen LogP contribution in [0, 0.1) is 6.92 Å². The number of rotatable bonds is 6. The summed E-state index contributed by atoms with van der Waals surface area (Å²) in [6, 6.07) is 16.3. The summed E-state index contributed by atoms with van der Waals surface area (Å²) in [4.78, 5) is 29.5. The molecule has 2 amide bonds. The fraction of sp³-hybridized carbons (Fsp3) is 0.150. The van der Waals surface area contributed by atoms with Crippen LogP contribution in [0.25, 0.3) is 10.6 Å². The molecule has 3 aromatic rings. The number of aromatic nitrogens is 1. The Balaban J connectivity index is 1.55. The summed E-state index contributed by atoms with van der Waals surface area (Å²) in [5.74, 6) is -0.535. The highest BCUT2D eigenvalue weighted by molar-refractivity contribution is 7.15. The molecule has 2 N–H and O–H groups in total. The molecule has 0 bridgehead atoms. The molecular formula is C20H18ClN3O2S. The number of hydrogen-bond acceptors (Lipinski definition) is 4. The number of thiazole rings is 1. The molecule has 0 atom stereocenters. The van der Waals surface area contributed by atoms with E-state index in [9.17, 15) is 9.59 Å². The third kappa shape index (κ3) is 4.93. The maximum Gasteiger partial charge on any atom is 0.251 e. The fourth-order valence-electron chi connectivity index (χ4n) is 2.44. The Bertz CT molecular complexity index is 957. The quantitative estimate of drug-likeness (QED) is 0.662. The SMILES string of the molecule is Cc1nc(-c2ccccc2Cl)sc1CNC(=O)CNC(=O)c1ccccc1. The monoisotopic (exact) mass is 399 g/mol. The van der Waals surface area contributed by atoms with Crippen molar-refractivity contribution in [2.45, 2.75) is 13.5 Å². The van der Waals surface area contributed by atoms with Crippen LogP contribution in [0.15, 0.2) is 54.6 Å². The van der Waals surface area contributed by atoms with Crippen LogP contribution in [-0.4, -0.2) is 23.3 Å². The lowest BCUT2D eigenvalue weighted by atomic mass is 10.2. The smallest absolute Gasteiger partial charge is 0.251 e. The third-order valence-electron chi connectivity index (χ3n) is 3.89. The minimum Gasteiger partial charge on any atom is -0.350 e. The lowest BCUT2D eigenvalue weighted by Crippen LogP contribution is -2.36. The van der Waals surface area contributed by atoms with E-state index in [1.807, 2.05) is 37.3 Å². The number of nitrogens with one attached hydrogen (secondary N) is 2. The predicted molar refractivity (Wildman–Crippen MR) is 108 cm³/mol. The maximum atomic E-state index is 12.0. The van der Waals surface area contributed by atoms with Gasteiger partial charge in [0, 0.05) is 16.0 Å². The number of halogens is 1. The van der Waals surface area contributed by atoms with Gasteiger partial charge in [-0.1, -0.05) is 48.0 Å². The lowest BCUT2D eigenvalue weighted by molar-refractivity contribution is -0.120. The molecule has 0 aliphatic carbocycles. The van der Waals surface area contributed by atoms with Crippen molar-refractivity contribution in [1.29, 1.82) is 0 Å². The Morgan fingerprint density at radius 2 is 1.74 bits per heavy atom. The Kier molecular flexibility index (Phi) is 6.21. The first kappa shape index (κ1) is 19.1. The van der Waals surface area contributed by atoms with Gasteiger partial charge in [0.1, 0.15) is 5.01 Å². The summed E-state index contributed by atoms with van der Waals surface area (Å²) in [5, 5.41) is 6.88. The van der Waals surface area contributed by atoms with Gasteiger partial charge < -0.3 is 10.6 Å². The highest BCUT2D eigenvalue weighted by atomic mass is 35.5. The molecule has 3 rings (SSSR count). The van der Waals surface area contributed by atoms with Crippen LogP contribution in [-0.2, 0) is 11.3 Å². The van der Waals surface area contributed by atoms with Crippen LogP contribution in [0.4, 0.5) is 0 Å². The molecule has 0 radical (unpaired) electrons. The van der Waals surface area contributed by atoms with Gasteiger partial charge in [0.05, 0.1) is 23.8 Å². The van der Waals surface area contributed by atoms with E-state index in [4.69, 9.17) is 11.6 Å². The molecule has 2 aromatic carbocycles. The zero-order valence-electron chi connectivity index (χ0n) is 14.7. The number of hydrogen-bond donors (Lipinski definition) is 2. The lowest BCUT2D eigenvalue weighted by Gasteiger charge is -2.06. The van der Waals surface area contributed by atoms with Crippen molar-refractivity contribution in [3.63, 3.8) is 0 Å². The number of carbonyl (C=O) groups excluding carboxylic acids is 2. The number of amides is 2. The second-order valence-corrected chi connectivity index (χ2v) is 7.32. The average Bonchev–Trinajstić information content (AvgIpc) is 3.06. The molecule has 1 aromatic heterocycles. The van der Waals surface area contributed by atoms with E-state index in [0.29, 0.717) is 17.1 Å². The Morgan fingerprint density at radius 3 is 2.48 bits per heavy atom. The van der Waals surface area contributed by atoms with Crippen LogP contribution in [0.1, 0.15) is 20.9 Å². The third-order valence-corrected chi connectivity index (χ3v) is 5.41. The molecule has 1 heterocycles. The molecular weight excluding hydrogens is 382 g/mol. The highest BCUT2D eigenvalue weighted by Gasteiger charge is 2.13. The molecule has 0 saturated heterocycles. The van der Waals surface area contributed by atoms with Crippen molar-refractivity contribution in [1.82, 2.24) is 15.6 Å². The van der Waals surface area contributed by atoms with E-state index < -0.39 is 0 Å². The molecule has 0 aliphatic heterocycles. The molecule has 0 saturated carbocycles. The van der Waals surface area contributed by atoms with E-state index in [-0.39, 0.29) is 18.4 Å². The van der Waals surface area contributed by atoms with Crippen molar-refractivity contribution < 1.29 is 9.59 Å². The number of aryl methyl sites for hydroxylation is 1. The minimum atomic E-state index is -0.277. The first-order valence-corrected chi connectivity index (χ1v) is 9.55. The Morgan fingerprint density at radius 1 is 1.04 bits per heavy atom. The van der Waals surface area contributed by atoms with E-state index in [1.165, 1.54) is 11.3 Å². The molecule has 138 valence electrons. The predicted octanol–water partition coefficient (Wildman–Crippen LogP) is 3.82. The van der Waals surface area contributed by atoms with Gasteiger partial charge in [-0.3, -0.25) is 9.59 Å². The molecule has 0 unspecified atom stereocenters. The normalized spacial score (nSPS) is 10.4. The van der Waals surface area contributed by atoms with Crippen molar-refractivity contribution >= 4 is 34.8 Å². The fourth-order valence-corrected chi connectivity index (χ4v) is 3.76. The van der Waals surface area contributed by atoms with Crippen molar-refractivity contribution in [2.24, 2.45) is 0 Å². The summed E-state index contributed by atoms with van der Waals surface area (Å²) in [7, 11) is 0. The maximum absolute atomic E-state index is 12.0. The van der Waals surface area contributed by atoms with Crippen LogP contribution in [0.3, 0.4) is 0 Å². The standard InChI is InChI=1S/C20H18ClN3O2S/c1-13-17(27-20(24-13)15-9-5-6-10-16(15)21)11-22-18(25)12-23-19(26)14-7-3-2-4-8-14/h2-10H,11-12H2,1H3,(H,22,25)(H,23,26). The second-order valence-electron chi connectivity index (χ2n) is 5.83. The van der Waals surface area contributed by atoms with Crippen molar-refractivity contribution in [2.75, 3.05) is 6.54 Å². The van der Waals surface area contributed by atoms with Crippen molar-refractivity contribution in [3.05, 3.63) is 75.8 Å². The van der Waals surface area contributed by atoms with Gasteiger partial charge in [-0.25, -0.2) is 4.98 Å². The first-order chi connectivity index (χ1) is 13.0. The van der Waals surface area contributed by atoms with Gasteiger partial charge >= 0.3 is 0 Å². The average molecular weight is 400 g/mol. The van der Waals surface area contributed by atoms with Gasteiger partial charge in [0.15, 0.2) is 0 Å². The van der Waals surface area contributed by atoms with Gasteiger partial charge in [0.2, 0.25) is 5.91 Å². The van der Waals surface area contributed by atoms with Crippen LogP contribution >= 0.6 is 22.9 Å². The number of nitrogens with zero attached hydrogens (tertiary/aromatic N) is 1. The highest BCUT2D eigenvalue weighted by Crippen LogP contribution is 2.32. The first-order valence-electron chi connectivity index (χ1n) is 8.35. The molecule has 0 aliphatic rings. The molecule has 27 heavy (non-hydrogen) atoms. The van der Waals surface area contributed by atoms with Crippen molar-refractivity contribution in [3.8, 4) is 10.6 Å². The summed E-state index contributed by atoms with van der Waals surface area (Å²) in [6.45, 7) is 2.17. The van der Waals surface area contributed by atoms with E-state index in [2.05, 4.69) is 15.6 Å². The van der Waals surface area contributed by atoms with Gasteiger partial charge in [-0.2, -0.15) is 0 Å². The molecule has 0 spiro atoms. The van der Waals surface area contributed by atoms with E-state index >= 15 is 0 Å². The summed E-state index contributed by atoms with van der Waals surface area (Å²) in [6.07, 6.45) is 0. The summed E-state index contributed by atoms with van der Waals surface area (Å²) in [5.41, 5.74) is 2.25. The zero-order valence-corrected chi connectivity index (χ0v) is 16.2. The molecule has 0 fully saturated rings. The minimum absolute atomic E-state index is 0.0804. The van der Waals surface area contributed by atoms with E-state index in [1.54, 1.807) is 24.3 Å². The molecule has 5 nitrogen and oxygen atoms in total. The van der Waals surface area contributed by atoms with Gasteiger partial charge in [-0.05, 0) is 25.1 Å². The van der Waals surface area contributed by atoms with Gasteiger partial charge in [-0.15, -0.1) is 11.3 Å². The number of carbonyl (C=O) groups is 2. The summed E-state index contributed by atoms with van der Waals surface area (Å²) >= 11 is 7.72. The molecule has 7 heteroatoms. The van der Waals surface area contributed by atoms with Crippen LogP contribution in [0.2, 0.25) is 5.02 Å². The Labute approximate surface area is 166 Å². The largest absolute Gasteiger partial charge is 0.350 e. The van der Waals surface area contributed by atoms with Gasteiger partial charge in [0.25, 0.3) is 5.91 Å². The van der Waals surface area contributed by atoms with Crippen LogP contribution in [0.5, 0.6) is 0 Å². The van der Waals surface area contributed by atoms with E-state index in [0.717, 1.165) is 21.1 Å². The second kappa shape index (κ2) is 8.79. The summed E-state index contributed by atoms with van der Waals surface area (Å²) < 4.78 is 0. The topological polar surface area (TPSA) is 71.1 Å².